The predicted octanol–water partition coefficient (Wildman–Crippen LogP) is 4.52. The van der Waals surface area contributed by atoms with E-state index in [4.69, 9.17) is 5.26 Å². The van der Waals surface area contributed by atoms with Crippen molar-refractivity contribution in [2.24, 2.45) is 0 Å². The van der Waals surface area contributed by atoms with Gasteiger partial charge in [-0.05, 0) is 55.5 Å². The van der Waals surface area contributed by atoms with Gasteiger partial charge in [-0.3, -0.25) is 0 Å². The molecule has 0 aliphatic heterocycles. The molecule has 21 heavy (non-hydrogen) atoms. The Hall–Kier alpha value is -2.53. The fraction of sp³-hybridized carbons (Fsp3) is 0.211. The Balaban J connectivity index is 1.70. The van der Waals surface area contributed by atoms with Crippen molar-refractivity contribution in [2.75, 3.05) is 0 Å². The summed E-state index contributed by atoms with van der Waals surface area (Å²) in [5.41, 5.74) is 5.83. The molecule has 1 N–H and O–H groups in total. The quantitative estimate of drug-likeness (QED) is 0.746. The van der Waals surface area contributed by atoms with E-state index in [1.54, 1.807) is 0 Å². The third kappa shape index (κ3) is 2.98. The van der Waals surface area contributed by atoms with Crippen LogP contribution in [-0.2, 0) is 12.8 Å². The second-order valence-electron chi connectivity index (χ2n) is 5.53. The van der Waals surface area contributed by atoms with E-state index in [0.717, 1.165) is 30.3 Å². The number of nitrogens with one attached hydrogen (secondary N) is 1. The van der Waals surface area contributed by atoms with Crippen molar-refractivity contribution in [1.29, 1.82) is 5.26 Å². The molecule has 0 aliphatic carbocycles. The molecule has 0 atom stereocenters. The van der Waals surface area contributed by atoms with Gasteiger partial charge in [0.05, 0.1) is 11.6 Å². The van der Waals surface area contributed by atoms with Crippen LogP contribution in [0.1, 0.15) is 28.7 Å². The summed E-state index contributed by atoms with van der Waals surface area (Å²) >= 11 is 0. The number of rotatable bonds is 4. The van der Waals surface area contributed by atoms with Crippen molar-refractivity contribution in [3.63, 3.8) is 0 Å². The number of H-pyrrole nitrogens is 1. The minimum absolute atomic E-state index is 0.724. The van der Waals surface area contributed by atoms with Crippen LogP contribution in [0.15, 0.2) is 48.7 Å². The van der Waals surface area contributed by atoms with Crippen LogP contribution in [0.3, 0.4) is 0 Å². The third-order valence-electron chi connectivity index (χ3n) is 3.93. The molecular weight excluding hydrogens is 256 g/mol. The summed E-state index contributed by atoms with van der Waals surface area (Å²) in [6, 6.07) is 16.8. The molecule has 1 aromatic heterocycles. The van der Waals surface area contributed by atoms with E-state index in [0.29, 0.717) is 0 Å². The van der Waals surface area contributed by atoms with Crippen molar-refractivity contribution < 1.29 is 0 Å². The number of aromatic nitrogens is 1. The summed E-state index contributed by atoms with van der Waals surface area (Å²) in [6.07, 6.45) is 5.31. The van der Waals surface area contributed by atoms with Crippen LogP contribution in [0.25, 0.3) is 10.9 Å². The van der Waals surface area contributed by atoms with E-state index in [9.17, 15) is 0 Å². The van der Waals surface area contributed by atoms with Crippen LogP contribution < -0.4 is 0 Å². The smallest absolute Gasteiger partial charge is 0.0991 e. The number of fused-ring (bicyclic) bond motifs is 1. The molecule has 2 aromatic carbocycles. The first-order chi connectivity index (χ1) is 10.3. The molecule has 0 saturated heterocycles. The van der Waals surface area contributed by atoms with Crippen molar-refractivity contribution in [1.82, 2.24) is 4.98 Å². The van der Waals surface area contributed by atoms with E-state index in [1.807, 2.05) is 18.2 Å². The topological polar surface area (TPSA) is 39.6 Å². The molecule has 0 saturated carbocycles. The molecule has 0 fully saturated rings. The second kappa shape index (κ2) is 5.85. The number of aromatic amines is 1. The van der Waals surface area contributed by atoms with Crippen LogP contribution in [-0.4, -0.2) is 4.98 Å². The molecule has 1 heterocycles. The summed E-state index contributed by atoms with van der Waals surface area (Å²) in [6.45, 7) is 2.11. The van der Waals surface area contributed by atoms with Crippen LogP contribution in [0, 0.1) is 18.3 Å². The van der Waals surface area contributed by atoms with Gasteiger partial charge in [-0.15, -0.1) is 0 Å². The Morgan fingerprint density at radius 1 is 1.05 bits per heavy atom. The Bertz CT molecular complexity index is 789. The molecule has 0 amide bonds. The first-order valence-electron chi connectivity index (χ1n) is 7.32. The van der Waals surface area contributed by atoms with Gasteiger partial charge in [0.2, 0.25) is 0 Å². The van der Waals surface area contributed by atoms with Crippen molar-refractivity contribution in [2.45, 2.75) is 26.2 Å². The van der Waals surface area contributed by atoms with E-state index in [-0.39, 0.29) is 0 Å². The standard InChI is InChI=1S/C19H18N2/c1-14-5-7-15(8-6-14)3-2-4-17-13-21-19-10-9-16(12-20)11-18(17)19/h5-11,13,21H,2-4H2,1H3. The summed E-state index contributed by atoms with van der Waals surface area (Å²) < 4.78 is 0. The largest absolute Gasteiger partial charge is 0.361 e. The van der Waals surface area contributed by atoms with E-state index in [1.165, 1.54) is 22.1 Å². The Morgan fingerprint density at radius 3 is 2.62 bits per heavy atom. The zero-order chi connectivity index (χ0) is 14.7. The second-order valence-corrected chi connectivity index (χ2v) is 5.53. The highest BCUT2D eigenvalue weighted by Crippen LogP contribution is 2.21. The first kappa shape index (κ1) is 13.5. The van der Waals surface area contributed by atoms with Gasteiger partial charge in [-0.1, -0.05) is 29.8 Å². The lowest BCUT2D eigenvalue weighted by atomic mass is 10.0. The Labute approximate surface area is 125 Å². The molecule has 0 radical (unpaired) electrons. The lowest BCUT2D eigenvalue weighted by molar-refractivity contribution is 0.824. The molecule has 104 valence electrons. The maximum absolute atomic E-state index is 9.01. The number of aryl methyl sites for hydroxylation is 3. The molecule has 0 aliphatic rings. The molecule has 2 heteroatoms. The van der Waals surface area contributed by atoms with Crippen molar-refractivity contribution in [3.05, 3.63) is 70.9 Å². The zero-order valence-corrected chi connectivity index (χ0v) is 12.2. The number of hydrogen-bond donors (Lipinski definition) is 1. The van der Waals surface area contributed by atoms with E-state index >= 15 is 0 Å². The van der Waals surface area contributed by atoms with E-state index < -0.39 is 0 Å². The Kier molecular flexibility index (Phi) is 3.75. The average molecular weight is 274 g/mol. The minimum Gasteiger partial charge on any atom is -0.361 e. The highest BCUT2D eigenvalue weighted by Gasteiger charge is 2.05. The average Bonchev–Trinajstić information content (AvgIpc) is 2.91. The summed E-state index contributed by atoms with van der Waals surface area (Å²) in [7, 11) is 0. The molecule has 0 bridgehead atoms. The number of hydrogen-bond acceptors (Lipinski definition) is 1. The maximum atomic E-state index is 9.01. The van der Waals surface area contributed by atoms with Crippen molar-refractivity contribution in [3.8, 4) is 6.07 Å². The number of nitriles is 1. The Morgan fingerprint density at radius 2 is 1.86 bits per heavy atom. The number of benzene rings is 2. The molecule has 0 spiro atoms. The first-order valence-corrected chi connectivity index (χ1v) is 7.32. The fourth-order valence-electron chi connectivity index (χ4n) is 2.69. The third-order valence-corrected chi connectivity index (χ3v) is 3.93. The SMILES string of the molecule is Cc1ccc(CCCc2c[nH]c3ccc(C#N)cc23)cc1. The van der Waals surface area contributed by atoms with Gasteiger partial charge in [-0.2, -0.15) is 5.26 Å². The van der Waals surface area contributed by atoms with Gasteiger partial charge in [0.25, 0.3) is 0 Å². The van der Waals surface area contributed by atoms with E-state index in [2.05, 4.69) is 48.4 Å². The van der Waals surface area contributed by atoms with Crippen LogP contribution >= 0.6 is 0 Å². The molecule has 3 rings (SSSR count). The van der Waals surface area contributed by atoms with Crippen LogP contribution in [0.5, 0.6) is 0 Å². The zero-order valence-electron chi connectivity index (χ0n) is 12.2. The van der Waals surface area contributed by atoms with Gasteiger partial charge in [0.1, 0.15) is 0 Å². The summed E-state index contributed by atoms with van der Waals surface area (Å²) in [4.78, 5) is 3.29. The van der Waals surface area contributed by atoms with Crippen LogP contribution in [0.4, 0.5) is 0 Å². The highest BCUT2D eigenvalue weighted by molar-refractivity contribution is 5.84. The number of nitrogens with zero attached hydrogens (tertiary/aromatic N) is 1. The van der Waals surface area contributed by atoms with Gasteiger partial charge in [-0.25, -0.2) is 0 Å². The van der Waals surface area contributed by atoms with Gasteiger partial charge >= 0.3 is 0 Å². The highest BCUT2D eigenvalue weighted by atomic mass is 14.7. The maximum Gasteiger partial charge on any atom is 0.0991 e. The lowest BCUT2D eigenvalue weighted by Gasteiger charge is -2.02. The minimum atomic E-state index is 0.724. The summed E-state index contributed by atoms with van der Waals surface area (Å²) in [5.74, 6) is 0. The monoisotopic (exact) mass is 274 g/mol. The molecule has 3 aromatic rings. The molecule has 0 unspecified atom stereocenters. The lowest BCUT2D eigenvalue weighted by Crippen LogP contribution is -1.89. The molecular formula is C19H18N2. The normalized spacial score (nSPS) is 10.7. The molecule has 2 nitrogen and oxygen atoms in total. The van der Waals surface area contributed by atoms with Crippen molar-refractivity contribution >= 4 is 10.9 Å². The summed E-state index contributed by atoms with van der Waals surface area (Å²) in [5, 5.41) is 10.2. The van der Waals surface area contributed by atoms with Gasteiger partial charge in [0, 0.05) is 17.1 Å². The predicted molar refractivity (Wildman–Crippen MR) is 86.2 cm³/mol. The van der Waals surface area contributed by atoms with Gasteiger partial charge in [0.15, 0.2) is 0 Å². The van der Waals surface area contributed by atoms with Crippen LogP contribution in [0.2, 0.25) is 0 Å². The fourth-order valence-corrected chi connectivity index (χ4v) is 2.69. The van der Waals surface area contributed by atoms with Gasteiger partial charge < -0.3 is 4.98 Å².